The molecule has 1 saturated heterocycles. The van der Waals surface area contributed by atoms with Crippen LogP contribution in [-0.4, -0.2) is 137 Å². The van der Waals surface area contributed by atoms with Crippen LogP contribution in [0.5, 0.6) is 11.5 Å². The number of benzene rings is 1. The third kappa shape index (κ3) is 13.4. The number of aromatic hydroxyl groups is 1. The third-order valence-electron chi connectivity index (χ3n) is 11.5. The Labute approximate surface area is 407 Å². The van der Waals surface area contributed by atoms with E-state index in [0.717, 1.165) is 5.56 Å². The standard InChI is InChI=1S/C49H69N3O18/c1-44(2,3)66-35(56)25-30(63-42(60)69-46(7,8)9)40(58)50-21-17-33(54)62-29-16-19-49(32-24-27-14-15-28(53)38-37(27)48(49,39(29)65-38)20-23-52(32)13)68-34(55)18-22-51-41(59)31(26-36(57)67-45(4,5)6)64-43(61)70-47(10,11)12/h14-16,30-32,39,53H,17-26H2,1-13H3,(H,50,58)(H,51,59)/t30?,31?,32-,39+,48+,49-/m1/s1. The van der Waals surface area contributed by atoms with Crippen molar-refractivity contribution in [3.05, 3.63) is 35.1 Å². The minimum Gasteiger partial charge on any atom is -0.504 e. The number of carbonyl (C=O) groups is 8. The number of rotatable bonds is 16. The molecular formula is C49H69N3O18. The highest BCUT2D eigenvalue weighted by atomic mass is 16.7. The quantitative estimate of drug-likeness (QED) is 0.147. The molecule has 21 nitrogen and oxygen atoms in total. The molecule has 2 heterocycles. The number of esters is 4. The van der Waals surface area contributed by atoms with E-state index in [4.69, 9.17) is 42.6 Å². The number of phenols is 1. The maximum atomic E-state index is 14.1. The van der Waals surface area contributed by atoms with Crippen LogP contribution >= 0.6 is 0 Å². The molecule has 2 unspecified atom stereocenters. The van der Waals surface area contributed by atoms with E-state index in [0.29, 0.717) is 24.9 Å². The summed E-state index contributed by atoms with van der Waals surface area (Å²) in [7, 11) is 1.91. The van der Waals surface area contributed by atoms with Crippen LogP contribution < -0.4 is 15.4 Å². The predicted octanol–water partition coefficient (Wildman–Crippen LogP) is 4.88. The van der Waals surface area contributed by atoms with E-state index in [1.165, 1.54) is 6.07 Å². The van der Waals surface area contributed by atoms with Crippen LogP contribution in [0.15, 0.2) is 24.0 Å². The van der Waals surface area contributed by atoms with Gasteiger partial charge in [0.2, 0.25) is 0 Å². The van der Waals surface area contributed by atoms with E-state index in [1.54, 1.807) is 95.2 Å². The van der Waals surface area contributed by atoms with E-state index in [2.05, 4.69) is 15.5 Å². The lowest BCUT2D eigenvalue weighted by Crippen LogP contribution is -2.75. The summed E-state index contributed by atoms with van der Waals surface area (Å²) in [5, 5.41) is 16.2. The van der Waals surface area contributed by atoms with Crippen LogP contribution in [0.1, 0.15) is 133 Å². The molecule has 388 valence electrons. The number of amides is 2. The van der Waals surface area contributed by atoms with Gasteiger partial charge in [-0.2, -0.15) is 0 Å². The monoisotopic (exact) mass is 987 g/mol. The summed E-state index contributed by atoms with van der Waals surface area (Å²) in [6, 6.07) is 2.88. The van der Waals surface area contributed by atoms with Crippen molar-refractivity contribution in [3.63, 3.8) is 0 Å². The number of phenolic OH excluding ortho intramolecular Hbond substituents is 1. The molecule has 1 aromatic rings. The molecule has 2 aliphatic heterocycles. The fraction of sp³-hybridized carbons (Fsp3) is 0.673. The molecule has 2 aliphatic carbocycles. The predicted molar refractivity (Wildman–Crippen MR) is 245 cm³/mol. The van der Waals surface area contributed by atoms with Gasteiger partial charge in [-0.15, -0.1) is 0 Å². The summed E-state index contributed by atoms with van der Waals surface area (Å²) in [6.45, 7) is 19.4. The Morgan fingerprint density at radius 3 is 1.69 bits per heavy atom. The van der Waals surface area contributed by atoms with Crippen LogP contribution in [0.25, 0.3) is 0 Å². The Balaban J connectivity index is 1.32. The van der Waals surface area contributed by atoms with E-state index in [1.807, 2.05) is 7.05 Å². The highest BCUT2D eigenvalue weighted by Crippen LogP contribution is 2.66. The summed E-state index contributed by atoms with van der Waals surface area (Å²) in [6.07, 6.45) is -6.33. The van der Waals surface area contributed by atoms with Gasteiger partial charge in [-0.1, -0.05) is 6.07 Å². The number of hydrogen-bond donors (Lipinski definition) is 3. The Hall–Kier alpha value is -6.12. The highest BCUT2D eigenvalue weighted by Gasteiger charge is 2.74. The molecule has 0 radical (unpaired) electrons. The summed E-state index contributed by atoms with van der Waals surface area (Å²) in [4.78, 5) is 107. The average molecular weight is 988 g/mol. The van der Waals surface area contributed by atoms with Crippen molar-refractivity contribution in [1.82, 2.24) is 15.5 Å². The normalized spacial score (nSPS) is 22.3. The summed E-state index contributed by atoms with van der Waals surface area (Å²) in [5.74, 6) is -4.80. The zero-order valence-corrected chi connectivity index (χ0v) is 42.4. The van der Waals surface area contributed by atoms with Gasteiger partial charge in [0.05, 0.1) is 37.1 Å². The average Bonchev–Trinajstić information content (AvgIpc) is 3.54. The number of likely N-dealkylation sites (N-methyl/N-ethyl adjacent to an activating group) is 1. The number of nitrogens with one attached hydrogen (secondary N) is 2. The zero-order valence-electron chi connectivity index (χ0n) is 42.4. The van der Waals surface area contributed by atoms with E-state index >= 15 is 0 Å². The maximum absolute atomic E-state index is 14.1. The SMILES string of the molecule is CN1CC[C@]23c4c5ccc(O)c4O[C@H]2C(OC(=O)CCNC(=O)C(CC(=O)OC(C)(C)C)OC(=O)OC(C)(C)C)=CC[C@@]3(OC(=O)CCNC(=O)C(CC(=O)OC(C)(C)C)OC(=O)OC(C)(C)C)[C@H]1C5. The van der Waals surface area contributed by atoms with Crippen LogP contribution in [0.3, 0.4) is 0 Å². The van der Waals surface area contributed by atoms with E-state index in [9.17, 15) is 43.5 Å². The fourth-order valence-electron chi connectivity index (χ4n) is 9.07. The lowest BCUT2D eigenvalue weighted by atomic mass is 9.50. The molecule has 5 rings (SSSR count). The second-order valence-corrected chi connectivity index (χ2v) is 21.8. The molecule has 21 heteroatoms. The Morgan fingerprint density at radius 2 is 1.20 bits per heavy atom. The second kappa shape index (κ2) is 20.7. The van der Waals surface area contributed by atoms with Crippen molar-refractivity contribution < 1.29 is 86.1 Å². The molecule has 0 aromatic heterocycles. The van der Waals surface area contributed by atoms with Gasteiger partial charge in [0.15, 0.2) is 29.8 Å². The number of ether oxygens (including phenoxy) is 9. The Bertz CT molecular complexity index is 2190. The van der Waals surface area contributed by atoms with Crippen molar-refractivity contribution in [2.24, 2.45) is 0 Å². The lowest BCUT2D eigenvalue weighted by molar-refractivity contribution is -0.206. The molecule has 2 amide bonds. The number of nitrogens with zero attached hydrogens (tertiary/aromatic N) is 1. The van der Waals surface area contributed by atoms with Gasteiger partial charge in [0, 0.05) is 25.1 Å². The molecule has 1 aromatic carbocycles. The minimum atomic E-state index is -1.65. The first-order valence-corrected chi connectivity index (χ1v) is 23.4. The lowest BCUT2D eigenvalue weighted by Gasteiger charge is -2.62. The third-order valence-corrected chi connectivity index (χ3v) is 11.5. The number of likely N-dealkylation sites (tertiary alicyclic amines) is 1. The van der Waals surface area contributed by atoms with Crippen molar-refractivity contribution in [1.29, 1.82) is 0 Å². The Morgan fingerprint density at radius 1 is 0.714 bits per heavy atom. The zero-order chi connectivity index (χ0) is 52.4. The number of piperidine rings is 1. The van der Waals surface area contributed by atoms with Crippen LogP contribution in [-0.2, 0) is 78.5 Å². The molecule has 1 fully saturated rings. The van der Waals surface area contributed by atoms with Crippen molar-refractivity contribution >= 4 is 48.0 Å². The first kappa shape index (κ1) is 54.8. The summed E-state index contributed by atoms with van der Waals surface area (Å²) in [5.41, 5.74) is -4.74. The molecule has 6 atom stereocenters. The number of hydrogen-bond acceptors (Lipinski definition) is 19. The topological polar surface area (TPSA) is 267 Å². The first-order valence-electron chi connectivity index (χ1n) is 23.4. The summed E-state index contributed by atoms with van der Waals surface area (Å²) >= 11 is 0. The smallest absolute Gasteiger partial charge is 0.504 e. The maximum Gasteiger partial charge on any atom is 0.509 e. The van der Waals surface area contributed by atoms with Crippen molar-refractivity contribution in [2.75, 3.05) is 26.7 Å². The van der Waals surface area contributed by atoms with Gasteiger partial charge in [0.1, 0.15) is 33.8 Å². The molecule has 3 N–H and O–H groups in total. The fourth-order valence-corrected chi connectivity index (χ4v) is 9.07. The molecular weight excluding hydrogens is 919 g/mol. The largest absolute Gasteiger partial charge is 0.509 e. The van der Waals surface area contributed by atoms with Gasteiger partial charge in [-0.25, -0.2) is 9.59 Å². The molecule has 2 bridgehead atoms. The van der Waals surface area contributed by atoms with E-state index < -0.39 is 119 Å². The van der Waals surface area contributed by atoms with Gasteiger partial charge in [0.25, 0.3) is 11.8 Å². The molecule has 0 saturated carbocycles. The molecule has 1 spiro atoms. The second-order valence-electron chi connectivity index (χ2n) is 21.8. The van der Waals surface area contributed by atoms with E-state index in [-0.39, 0.29) is 49.6 Å². The van der Waals surface area contributed by atoms with Crippen LogP contribution in [0.2, 0.25) is 0 Å². The van der Waals surface area contributed by atoms with Gasteiger partial charge < -0.3 is 58.4 Å². The van der Waals surface area contributed by atoms with Crippen LogP contribution in [0.4, 0.5) is 9.59 Å². The van der Waals surface area contributed by atoms with Crippen molar-refractivity contribution in [2.45, 2.75) is 186 Å². The summed E-state index contributed by atoms with van der Waals surface area (Å²) < 4.78 is 50.6. The molecule has 70 heavy (non-hydrogen) atoms. The van der Waals surface area contributed by atoms with Crippen molar-refractivity contribution in [3.8, 4) is 11.5 Å². The molecule has 4 aliphatic rings. The van der Waals surface area contributed by atoms with Gasteiger partial charge >= 0.3 is 36.2 Å². The van der Waals surface area contributed by atoms with Gasteiger partial charge in [-0.3, -0.25) is 33.7 Å². The Kier molecular flexibility index (Phi) is 16.2. The first-order chi connectivity index (χ1) is 32.2. The van der Waals surface area contributed by atoms with Crippen LogP contribution in [0, 0.1) is 0 Å². The van der Waals surface area contributed by atoms with Gasteiger partial charge in [-0.05, 0) is 127 Å². The minimum absolute atomic E-state index is 0.0455. The highest BCUT2D eigenvalue weighted by molar-refractivity contribution is 5.88. The number of carbonyl (C=O) groups excluding carboxylic acids is 8.